The molecule has 0 aliphatic rings. The van der Waals surface area contributed by atoms with Gasteiger partial charge in [0.2, 0.25) is 5.91 Å². The second kappa shape index (κ2) is 19.6. The second-order valence-electron chi connectivity index (χ2n) is 10.3. The zero-order valence-corrected chi connectivity index (χ0v) is 29.4. The molecule has 2 atom stereocenters. The Bertz CT molecular complexity index is 1770. The van der Waals surface area contributed by atoms with E-state index in [1.165, 1.54) is 7.05 Å². The van der Waals surface area contributed by atoms with Crippen LogP contribution in [0.3, 0.4) is 0 Å². The van der Waals surface area contributed by atoms with E-state index in [2.05, 4.69) is 32.7 Å². The molecular weight excluding hydrogens is 673 g/mol. The van der Waals surface area contributed by atoms with Gasteiger partial charge in [0.1, 0.15) is 34.2 Å². The first-order chi connectivity index (χ1) is 22.8. The number of hydrogen-bond acceptors (Lipinski definition) is 9. The van der Waals surface area contributed by atoms with E-state index in [1.807, 2.05) is 49.5 Å². The molecule has 0 fully saturated rings. The first-order valence-corrected chi connectivity index (χ1v) is 17.4. The summed E-state index contributed by atoms with van der Waals surface area (Å²) in [5.74, 6) is -0.716. The Labute approximate surface area is 291 Å². The smallest absolute Gasteiger partial charge is 0.258 e. The number of nitrogens with one attached hydrogen (secondary N) is 5. The number of likely N-dealkylation sites (N-methyl/N-ethyl adjacent to an activating group) is 1. The summed E-state index contributed by atoms with van der Waals surface area (Å²) in [6.45, 7) is 2.37. The van der Waals surface area contributed by atoms with Crippen molar-refractivity contribution in [3.8, 4) is 18.0 Å². The number of thiocarbonyl (C=S) groups is 2. The molecular formula is C32H38N8O5S3. The number of ether oxygens (including phenoxy) is 1. The summed E-state index contributed by atoms with van der Waals surface area (Å²) < 4.78 is 28.0. The number of anilines is 1. The molecule has 16 heteroatoms. The molecule has 3 aromatic rings. The lowest BCUT2D eigenvalue weighted by Gasteiger charge is -2.22. The Kier molecular flexibility index (Phi) is 16.0. The Morgan fingerprint density at radius 3 is 2.17 bits per heavy atom. The first kappa shape index (κ1) is 39.1. The summed E-state index contributed by atoms with van der Waals surface area (Å²) >= 11 is 10.3. The number of carbonyl (C=O) groups is 2. The van der Waals surface area contributed by atoms with Gasteiger partial charge < -0.3 is 31.3 Å². The van der Waals surface area contributed by atoms with Gasteiger partial charge in [-0.25, -0.2) is 8.42 Å². The third-order valence-electron chi connectivity index (χ3n) is 6.46. The fraction of sp³-hybridized carbons (Fsp3) is 0.312. The Hall–Kier alpha value is -5.03. The highest BCUT2D eigenvalue weighted by Gasteiger charge is 2.25. The van der Waals surface area contributed by atoms with E-state index >= 15 is 0 Å². The van der Waals surface area contributed by atoms with Crippen molar-refractivity contribution in [3.63, 3.8) is 0 Å². The highest BCUT2D eigenvalue weighted by molar-refractivity contribution is 7.90. The fourth-order valence-corrected chi connectivity index (χ4v) is 5.58. The van der Waals surface area contributed by atoms with E-state index in [0.29, 0.717) is 29.5 Å². The molecule has 0 bridgehead atoms. The van der Waals surface area contributed by atoms with Gasteiger partial charge in [0.15, 0.2) is 16.4 Å². The van der Waals surface area contributed by atoms with Crippen molar-refractivity contribution in [3.05, 3.63) is 72.3 Å². The highest BCUT2D eigenvalue weighted by Crippen LogP contribution is 2.17. The van der Waals surface area contributed by atoms with Gasteiger partial charge >= 0.3 is 0 Å². The van der Waals surface area contributed by atoms with Crippen LogP contribution in [-0.2, 0) is 25.8 Å². The number of rotatable bonds is 12. The van der Waals surface area contributed by atoms with Crippen molar-refractivity contribution in [2.75, 3.05) is 44.6 Å². The van der Waals surface area contributed by atoms with Gasteiger partial charge in [-0.3, -0.25) is 14.5 Å². The van der Waals surface area contributed by atoms with Crippen LogP contribution in [0.5, 0.6) is 5.75 Å². The molecule has 48 heavy (non-hydrogen) atoms. The summed E-state index contributed by atoms with van der Waals surface area (Å²) in [6.07, 6.45) is 3.30. The molecule has 254 valence electrons. The molecule has 0 radical (unpaired) electrons. The molecule has 0 saturated heterocycles. The molecule has 0 aromatic heterocycles. The van der Waals surface area contributed by atoms with Crippen LogP contribution < -0.4 is 31.3 Å². The van der Waals surface area contributed by atoms with Gasteiger partial charge in [0, 0.05) is 32.0 Å². The number of hydrogen-bond donors (Lipinski definition) is 5. The van der Waals surface area contributed by atoms with Crippen molar-refractivity contribution in [2.45, 2.75) is 25.4 Å². The van der Waals surface area contributed by atoms with Crippen LogP contribution in [0.25, 0.3) is 10.8 Å². The van der Waals surface area contributed by atoms with E-state index in [-0.39, 0.29) is 17.6 Å². The molecule has 2 unspecified atom stereocenters. The normalized spacial score (nSPS) is 11.5. The van der Waals surface area contributed by atoms with Gasteiger partial charge in [0.25, 0.3) is 5.91 Å². The first-order valence-electron chi connectivity index (χ1n) is 14.5. The molecule has 2 amide bonds. The number of fused-ring (bicyclic) bond motifs is 1. The molecule has 13 nitrogen and oxygen atoms in total. The number of methoxy groups -OCH3 is 1. The predicted octanol–water partition coefficient (Wildman–Crippen LogP) is 2.21. The summed E-state index contributed by atoms with van der Waals surface area (Å²) in [7, 11) is -0.433. The standard InChI is InChI=1S/C18H20N4OS.C14H18N4O4S2/c1-3-20-18(24)21-16(17(23)22(2)12-19)11-13-8-9-14-6-4-5-7-15(14)10-13;1-22-11-5-3-10(4-6-11)17-14(23)18-12(9-24(2,20)21)13(19)16-8-7-15/h4-10,16H,3,11H2,1-2H3,(H2,20,21,24);3-6,12H,8-9H2,1-2H3,(H,16,19)(H2,17,18,23). The lowest BCUT2D eigenvalue weighted by Crippen LogP contribution is -2.51. The van der Waals surface area contributed by atoms with E-state index in [9.17, 15) is 18.0 Å². The average Bonchev–Trinajstić information content (AvgIpc) is 3.06. The number of amides is 2. The Morgan fingerprint density at radius 2 is 1.58 bits per heavy atom. The van der Waals surface area contributed by atoms with E-state index in [1.54, 1.807) is 37.4 Å². The molecule has 0 heterocycles. The third kappa shape index (κ3) is 13.8. The lowest BCUT2D eigenvalue weighted by molar-refractivity contribution is -0.129. The van der Waals surface area contributed by atoms with Crippen molar-refractivity contribution in [1.29, 1.82) is 10.5 Å². The predicted molar refractivity (Wildman–Crippen MR) is 194 cm³/mol. The zero-order chi connectivity index (χ0) is 35.7. The van der Waals surface area contributed by atoms with Crippen molar-refractivity contribution < 1.29 is 22.7 Å². The number of benzene rings is 3. The maximum absolute atomic E-state index is 12.4. The van der Waals surface area contributed by atoms with Gasteiger partial charge in [-0.2, -0.15) is 10.5 Å². The fourth-order valence-electron chi connectivity index (χ4n) is 4.19. The van der Waals surface area contributed by atoms with Gasteiger partial charge in [-0.15, -0.1) is 0 Å². The van der Waals surface area contributed by atoms with Crippen LogP contribution in [0.1, 0.15) is 12.5 Å². The maximum Gasteiger partial charge on any atom is 0.258 e. The molecule has 3 rings (SSSR count). The number of carbonyl (C=O) groups excluding carboxylic acids is 2. The van der Waals surface area contributed by atoms with Crippen LogP contribution in [-0.4, -0.2) is 86.7 Å². The third-order valence-corrected chi connectivity index (χ3v) is 7.88. The molecule has 0 spiro atoms. The SMILES string of the molecule is CCNC(=S)NC(Cc1ccc2ccccc2c1)C(=O)N(C)C#N.COc1ccc(NC(=S)NC(CS(C)(=O)=O)C(=O)NCC#N)cc1. The van der Waals surface area contributed by atoms with Crippen LogP contribution in [0.15, 0.2) is 66.7 Å². The van der Waals surface area contributed by atoms with E-state index < -0.39 is 33.6 Å². The van der Waals surface area contributed by atoms with Crippen molar-refractivity contribution >= 4 is 72.8 Å². The van der Waals surface area contributed by atoms with Gasteiger partial charge in [0.05, 0.1) is 18.9 Å². The van der Waals surface area contributed by atoms with Crippen LogP contribution in [0.4, 0.5) is 5.69 Å². The minimum absolute atomic E-state index is 0.0842. The summed E-state index contributed by atoms with van der Waals surface area (Å²) in [4.78, 5) is 25.4. The molecule has 0 aliphatic heterocycles. The molecule has 5 N–H and O–H groups in total. The maximum atomic E-state index is 12.4. The number of nitrogens with zero attached hydrogens (tertiary/aromatic N) is 3. The number of sulfone groups is 1. The topological polar surface area (TPSA) is 188 Å². The molecule has 0 aliphatic carbocycles. The molecule has 0 saturated carbocycles. The van der Waals surface area contributed by atoms with Crippen molar-refractivity contribution in [2.24, 2.45) is 0 Å². The minimum Gasteiger partial charge on any atom is -0.497 e. The van der Waals surface area contributed by atoms with E-state index in [4.69, 9.17) is 39.7 Å². The quantitative estimate of drug-likeness (QED) is 0.0798. The zero-order valence-electron chi connectivity index (χ0n) is 26.9. The highest BCUT2D eigenvalue weighted by atomic mass is 32.2. The second-order valence-corrected chi connectivity index (χ2v) is 13.3. The summed E-state index contributed by atoms with van der Waals surface area (Å²) in [6, 6.07) is 21.1. The van der Waals surface area contributed by atoms with Crippen LogP contribution >= 0.6 is 24.4 Å². The lowest BCUT2D eigenvalue weighted by atomic mass is 10.0. The summed E-state index contributed by atoms with van der Waals surface area (Å²) in [5, 5.41) is 34.0. The van der Waals surface area contributed by atoms with Crippen LogP contribution in [0.2, 0.25) is 0 Å². The summed E-state index contributed by atoms with van der Waals surface area (Å²) in [5.41, 5.74) is 1.65. The Morgan fingerprint density at radius 1 is 0.938 bits per heavy atom. The molecule has 3 aromatic carbocycles. The van der Waals surface area contributed by atoms with Crippen LogP contribution in [0, 0.1) is 22.8 Å². The largest absolute Gasteiger partial charge is 0.497 e. The Balaban J connectivity index is 0.000000333. The monoisotopic (exact) mass is 710 g/mol. The van der Waals surface area contributed by atoms with Gasteiger partial charge in [-0.1, -0.05) is 42.5 Å². The van der Waals surface area contributed by atoms with Gasteiger partial charge in [-0.05, 0) is 72.0 Å². The van der Waals surface area contributed by atoms with Crippen molar-refractivity contribution in [1.82, 2.24) is 26.2 Å². The average molecular weight is 711 g/mol. The minimum atomic E-state index is -3.43. The van der Waals surface area contributed by atoms with E-state index in [0.717, 1.165) is 27.5 Å². The number of nitriles is 2.